The maximum absolute atomic E-state index is 14.2. The molecule has 3 nitrogen and oxygen atoms in total. The van der Waals surface area contributed by atoms with Crippen LogP contribution in [0.5, 0.6) is 0 Å². The summed E-state index contributed by atoms with van der Waals surface area (Å²) in [6, 6.07) is 3.65. The van der Waals surface area contributed by atoms with E-state index in [1.54, 1.807) is 6.07 Å². The van der Waals surface area contributed by atoms with Crippen LogP contribution >= 0.6 is 15.9 Å². The molecule has 1 aromatic rings. The van der Waals surface area contributed by atoms with E-state index in [9.17, 15) is 9.18 Å². The lowest BCUT2D eigenvalue weighted by atomic mass is 10.0. The molecular formula is C13H15BrFNO2. The number of hydrogen-bond donors (Lipinski definition) is 0. The normalized spacial score (nSPS) is 18.1. The van der Waals surface area contributed by atoms with Crippen molar-refractivity contribution in [1.82, 2.24) is 0 Å². The Kier molecular flexibility index (Phi) is 3.61. The summed E-state index contributed by atoms with van der Waals surface area (Å²) in [4.78, 5) is 13.7. The minimum atomic E-state index is -1.15. The van der Waals surface area contributed by atoms with Gasteiger partial charge in [-0.25, -0.2) is 9.18 Å². The Bertz CT molecular complexity index is 490. The Morgan fingerprint density at radius 2 is 2.22 bits per heavy atom. The van der Waals surface area contributed by atoms with Crippen LogP contribution in [-0.4, -0.2) is 25.7 Å². The van der Waals surface area contributed by atoms with Gasteiger partial charge in [0.2, 0.25) is 0 Å². The number of carbonyl (C=O) groups excluding carboxylic acids is 1. The second-order valence-corrected chi connectivity index (χ2v) is 5.51. The number of benzene rings is 1. The highest BCUT2D eigenvalue weighted by Crippen LogP contribution is 2.42. The molecule has 98 valence electrons. The molecule has 0 saturated heterocycles. The van der Waals surface area contributed by atoms with Crippen molar-refractivity contribution in [3.63, 3.8) is 0 Å². The molecule has 2 rings (SSSR count). The fraction of sp³-hybridized carbons (Fsp3) is 0.462. The van der Waals surface area contributed by atoms with Crippen molar-refractivity contribution in [3.05, 3.63) is 27.7 Å². The summed E-state index contributed by atoms with van der Waals surface area (Å²) in [6.07, 6.45) is -1.15. The van der Waals surface area contributed by atoms with Crippen LogP contribution < -0.4 is 4.90 Å². The van der Waals surface area contributed by atoms with Crippen LogP contribution in [0.1, 0.15) is 35.9 Å². The van der Waals surface area contributed by atoms with Gasteiger partial charge in [0.1, 0.15) is 6.17 Å². The molecule has 1 heterocycles. The van der Waals surface area contributed by atoms with E-state index in [0.717, 1.165) is 10.2 Å². The van der Waals surface area contributed by atoms with Crippen molar-refractivity contribution in [2.75, 3.05) is 18.6 Å². The number of ether oxygens (including phenoxy) is 1. The Labute approximate surface area is 114 Å². The molecule has 0 spiro atoms. The molecular weight excluding hydrogens is 301 g/mol. The molecule has 0 aliphatic carbocycles. The molecule has 1 aromatic carbocycles. The van der Waals surface area contributed by atoms with Crippen LogP contribution in [0.25, 0.3) is 0 Å². The molecule has 1 atom stereocenters. The summed E-state index contributed by atoms with van der Waals surface area (Å²) in [7, 11) is 1.30. The van der Waals surface area contributed by atoms with Gasteiger partial charge in [0.15, 0.2) is 0 Å². The zero-order chi connectivity index (χ0) is 13.4. The van der Waals surface area contributed by atoms with Crippen molar-refractivity contribution < 1.29 is 13.9 Å². The van der Waals surface area contributed by atoms with E-state index in [1.165, 1.54) is 7.11 Å². The van der Waals surface area contributed by atoms with Crippen molar-refractivity contribution in [2.24, 2.45) is 0 Å². The van der Waals surface area contributed by atoms with Crippen LogP contribution in [0.3, 0.4) is 0 Å². The number of esters is 1. The lowest BCUT2D eigenvalue weighted by molar-refractivity contribution is 0.0597. The van der Waals surface area contributed by atoms with Crippen LogP contribution in [-0.2, 0) is 4.74 Å². The fourth-order valence-electron chi connectivity index (χ4n) is 2.30. The van der Waals surface area contributed by atoms with Crippen LogP contribution in [0.4, 0.5) is 10.1 Å². The quantitative estimate of drug-likeness (QED) is 0.783. The third-order valence-electron chi connectivity index (χ3n) is 3.13. The Morgan fingerprint density at radius 3 is 2.78 bits per heavy atom. The van der Waals surface area contributed by atoms with Gasteiger partial charge in [0.05, 0.1) is 19.2 Å². The molecule has 0 bridgehead atoms. The van der Waals surface area contributed by atoms with Gasteiger partial charge in [0, 0.05) is 21.8 Å². The molecule has 18 heavy (non-hydrogen) atoms. The van der Waals surface area contributed by atoms with Crippen LogP contribution in [0.2, 0.25) is 0 Å². The molecule has 5 heteroatoms. The highest BCUT2D eigenvalue weighted by molar-refractivity contribution is 9.10. The first kappa shape index (κ1) is 13.3. The number of methoxy groups -OCH3 is 1. The van der Waals surface area contributed by atoms with E-state index in [1.807, 2.05) is 24.8 Å². The van der Waals surface area contributed by atoms with E-state index < -0.39 is 12.1 Å². The molecule has 1 aliphatic heterocycles. The smallest absolute Gasteiger partial charge is 0.338 e. The van der Waals surface area contributed by atoms with Crippen molar-refractivity contribution in [1.29, 1.82) is 0 Å². The molecule has 0 N–H and O–H groups in total. The second-order valence-electron chi connectivity index (χ2n) is 4.59. The average molecular weight is 316 g/mol. The lowest BCUT2D eigenvalue weighted by Gasteiger charge is -2.24. The maximum Gasteiger partial charge on any atom is 0.338 e. The lowest BCUT2D eigenvalue weighted by Crippen LogP contribution is -2.28. The zero-order valence-electron chi connectivity index (χ0n) is 10.5. The third-order valence-corrected chi connectivity index (χ3v) is 3.59. The Morgan fingerprint density at radius 1 is 1.56 bits per heavy atom. The highest BCUT2D eigenvalue weighted by atomic mass is 79.9. The highest BCUT2D eigenvalue weighted by Gasteiger charge is 2.34. The van der Waals surface area contributed by atoms with Gasteiger partial charge in [-0.05, 0) is 26.0 Å². The third kappa shape index (κ3) is 2.11. The first-order valence-corrected chi connectivity index (χ1v) is 6.57. The number of alkyl halides is 1. The predicted molar refractivity (Wildman–Crippen MR) is 71.8 cm³/mol. The first-order chi connectivity index (χ1) is 8.45. The van der Waals surface area contributed by atoms with Crippen molar-refractivity contribution in [2.45, 2.75) is 26.1 Å². The predicted octanol–water partition coefficient (Wildman–Crippen LogP) is 3.47. The number of hydrogen-bond acceptors (Lipinski definition) is 3. The zero-order valence-corrected chi connectivity index (χ0v) is 12.1. The second kappa shape index (κ2) is 4.88. The average Bonchev–Trinajstić information content (AvgIpc) is 2.64. The van der Waals surface area contributed by atoms with Gasteiger partial charge in [-0.15, -0.1) is 0 Å². The number of anilines is 1. The SMILES string of the molecule is COC(=O)c1cc(Br)cc2c1C(F)CN2C(C)C. The molecule has 0 radical (unpaired) electrons. The Balaban J connectivity index is 2.60. The van der Waals surface area contributed by atoms with E-state index in [-0.39, 0.29) is 12.6 Å². The van der Waals surface area contributed by atoms with Gasteiger partial charge in [-0.2, -0.15) is 0 Å². The van der Waals surface area contributed by atoms with Gasteiger partial charge >= 0.3 is 5.97 Å². The summed E-state index contributed by atoms with van der Waals surface area (Å²) in [5.74, 6) is -0.499. The van der Waals surface area contributed by atoms with E-state index in [4.69, 9.17) is 4.74 Å². The van der Waals surface area contributed by atoms with Gasteiger partial charge in [0.25, 0.3) is 0 Å². The largest absolute Gasteiger partial charge is 0.465 e. The minimum Gasteiger partial charge on any atom is -0.465 e. The van der Waals surface area contributed by atoms with Crippen LogP contribution in [0, 0.1) is 0 Å². The van der Waals surface area contributed by atoms with Gasteiger partial charge in [-0.1, -0.05) is 15.9 Å². The molecule has 0 amide bonds. The molecule has 0 saturated carbocycles. The van der Waals surface area contributed by atoms with Gasteiger partial charge < -0.3 is 9.64 Å². The summed E-state index contributed by atoms with van der Waals surface area (Å²) in [5.41, 5.74) is 1.52. The number of nitrogens with zero attached hydrogens (tertiary/aromatic N) is 1. The topological polar surface area (TPSA) is 29.5 Å². The summed E-state index contributed by atoms with van der Waals surface area (Å²) in [5, 5.41) is 0. The van der Waals surface area contributed by atoms with Crippen molar-refractivity contribution in [3.8, 4) is 0 Å². The molecule has 1 unspecified atom stereocenters. The minimum absolute atomic E-state index is 0.185. The summed E-state index contributed by atoms with van der Waals surface area (Å²) in [6.45, 7) is 4.29. The monoisotopic (exact) mass is 315 g/mol. The standard InChI is InChI=1S/C13H15BrFNO2/c1-7(2)16-6-10(15)12-9(13(17)18-3)4-8(14)5-11(12)16/h4-5,7,10H,6H2,1-3H3. The Hall–Kier alpha value is -1.10. The fourth-order valence-corrected chi connectivity index (χ4v) is 2.75. The van der Waals surface area contributed by atoms with Gasteiger partial charge in [-0.3, -0.25) is 0 Å². The van der Waals surface area contributed by atoms with Crippen molar-refractivity contribution >= 4 is 27.6 Å². The maximum atomic E-state index is 14.2. The first-order valence-electron chi connectivity index (χ1n) is 5.78. The number of carbonyl (C=O) groups is 1. The number of halogens is 2. The summed E-state index contributed by atoms with van der Waals surface area (Å²) < 4.78 is 19.6. The van der Waals surface area contributed by atoms with E-state index >= 15 is 0 Å². The van der Waals surface area contributed by atoms with Crippen LogP contribution in [0.15, 0.2) is 16.6 Å². The molecule has 1 aliphatic rings. The number of fused-ring (bicyclic) bond motifs is 1. The number of rotatable bonds is 2. The summed E-state index contributed by atoms with van der Waals surface area (Å²) >= 11 is 3.35. The van der Waals surface area contributed by atoms with E-state index in [0.29, 0.717) is 11.1 Å². The molecule has 0 aromatic heterocycles. The molecule has 0 fully saturated rings. The van der Waals surface area contributed by atoms with E-state index in [2.05, 4.69) is 15.9 Å².